The van der Waals surface area contributed by atoms with E-state index in [9.17, 15) is 4.79 Å². The first-order valence-corrected chi connectivity index (χ1v) is 6.24. The third-order valence-electron chi connectivity index (χ3n) is 2.06. The number of nitrogens with one attached hydrogen (secondary N) is 2. The fraction of sp³-hybridized carbons (Fsp3) is 0.500. The molecule has 0 aliphatic heterocycles. The van der Waals surface area contributed by atoms with Crippen molar-refractivity contribution >= 4 is 28.2 Å². The number of nitrogens with zero attached hydrogens (tertiary/aromatic N) is 2. The highest BCUT2D eigenvalue weighted by Crippen LogP contribution is 2.15. The van der Waals surface area contributed by atoms with E-state index in [2.05, 4.69) is 27.7 Å². The fourth-order valence-electron chi connectivity index (χ4n) is 1.07. The third-order valence-corrected chi connectivity index (χ3v) is 2.82. The topological polar surface area (TPSA) is 86.6 Å². The summed E-state index contributed by atoms with van der Waals surface area (Å²) in [6.07, 6.45) is 1.99. The molecule has 6 nitrogen and oxygen atoms in total. The van der Waals surface area contributed by atoms with Gasteiger partial charge in [0.05, 0.1) is 0 Å². The molecule has 94 valence electrons. The second-order valence-corrected chi connectivity index (χ2v) is 4.32. The molecule has 1 heterocycles. The van der Waals surface area contributed by atoms with E-state index in [1.807, 2.05) is 0 Å². The van der Waals surface area contributed by atoms with Gasteiger partial charge in [0.2, 0.25) is 0 Å². The summed E-state index contributed by atoms with van der Waals surface area (Å²) < 4.78 is 0. The van der Waals surface area contributed by atoms with Crippen LogP contribution in [0.1, 0.15) is 32.4 Å². The van der Waals surface area contributed by atoms with Crippen molar-refractivity contribution in [3.8, 4) is 0 Å². The molecule has 0 saturated heterocycles. The predicted molar refractivity (Wildman–Crippen MR) is 68.0 cm³/mol. The zero-order chi connectivity index (χ0) is 12.7. The Morgan fingerprint density at radius 3 is 3.06 bits per heavy atom. The Balaban J connectivity index is 2.46. The van der Waals surface area contributed by atoms with E-state index in [1.54, 1.807) is 12.3 Å². The molecule has 0 bridgehead atoms. The summed E-state index contributed by atoms with van der Waals surface area (Å²) in [5, 5.41) is 19.2. The van der Waals surface area contributed by atoms with Crippen LogP contribution in [-0.4, -0.2) is 28.5 Å². The number of urea groups is 1. The summed E-state index contributed by atoms with van der Waals surface area (Å²) in [6.45, 7) is 4.35. The standard InChI is InChI=1S/C10H16N4O2S/c1-3-4-5-11-9(15)13-10-12-8(6-17-10)7(2)14-16/h6,16H,3-5H2,1-2H3,(H2,11,12,13,15). The number of hydrogen-bond donors (Lipinski definition) is 3. The Kier molecular flexibility index (Phi) is 5.41. The van der Waals surface area contributed by atoms with Gasteiger partial charge in [-0.1, -0.05) is 18.5 Å². The van der Waals surface area contributed by atoms with Crippen molar-refractivity contribution in [3.63, 3.8) is 0 Å². The van der Waals surface area contributed by atoms with Crippen LogP contribution < -0.4 is 10.6 Å². The Morgan fingerprint density at radius 2 is 2.41 bits per heavy atom. The molecule has 1 aromatic rings. The number of oxime groups is 1. The lowest BCUT2D eigenvalue weighted by molar-refractivity contribution is 0.252. The summed E-state index contributed by atoms with van der Waals surface area (Å²) in [5.41, 5.74) is 0.974. The van der Waals surface area contributed by atoms with Crippen molar-refractivity contribution in [3.05, 3.63) is 11.1 Å². The van der Waals surface area contributed by atoms with E-state index < -0.39 is 0 Å². The number of unbranched alkanes of at least 4 members (excludes halogenated alkanes) is 1. The van der Waals surface area contributed by atoms with Gasteiger partial charge in [-0.2, -0.15) is 0 Å². The SMILES string of the molecule is CCCCNC(=O)Nc1nc(C(C)=NO)cs1. The zero-order valence-electron chi connectivity index (χ0n) is 9.86. The Morgan fingerprint density at radius 1 is 1.65 bits per heavy atom. The van der Waals surface area contributed by atoms with E-state index in [-0.39, 0.29) is 6.03 Å². The van der Waals surface area contributed by atoms with Crippen LogP contribution in [0.25, 0.3) is 0 Å². The monoisotopic (exact) mass is 256 g/mol. The van der Waals surface area contributed by atoms with Gasteiger partial charge in [0.1, 0.15) is 11.4 Å². The normalized spacial score (nSPS) is 11.3. The number of anilines is 1. The molecule has 0 spiro atoms. The highest BCUT2D eigenvalue weighted by Gasteiger charge is 2.07. The molecule has 0 fully saturated rings. The minimum atomic E-state index is -0.266. The first kappa shape index (κ1) is 13.4. The number of hydrogen-bond acceptors (Lipinski definition) is 5. The Labute approximate surface area is 104 Å². The van der Waals surface area contributed by atoms with E-state index in [4.69, 9.17) is 5.21 Å². The molecule has 0 radical (unpaired) electrons. The van der Waals surface area contributed by atoms with Gasteiger partial charge in [-0.25, -0.2) is 9.78 Å². The van der Waals surface area contributed by atoms with Crippen LogP contribution in [0.3, 0.4) is 0 Å². The van der Waals surface area contributed by atoms with Crippen molar-refractivity contribution in [2.75, 3.05) is 11.9 Å². The minimum absolute atomic E-state index is 0.266. The zero-order valence-corrected chi connectivity index (χ0v) is 10.7. The minimum Gasteiger partial charge on any atom is -0.411 e. The molecule has 7 heteroatoms. The molecule has 1 rings (SSSR count). The van der Waals surface area contributed by atoms with Crippen molar-refractivity contribution in [2.24, 2.45) is 5.16 Å². The molecule has 0 saturated carbocycles. The predicted octanol–water partition coefficient (Wildman–Crippen LogP) is 2.26. The number of carbonyl (C=O) groups excluding carboxylic acids is 1. The van der Waals surface area contributed by atoms with Crippen molar-refractivity contribution in [2.45, 2.75) is 26.7 Å². The van der Waals surface area contributed by atoms with Crippen LogP contribution >= 0.6 is 11.3 Å². The number of aromatic nitrogens is 1. The smallest absolute Gasteiger partial charge is 0.321 e. The number of thiazole rings is 1. The van der Waals surface area contributed by atoms with Crippen LogP contribution in [0.15, 0.2) is 10.5 Å². The number of carbonyl (C=O) groups is 1. The maximum absolute atomic E-state index is 11.4. The van der Waals surface area contributed by atoms with Crippen LogP contribution in [0.2, 0.25) is 0 Å². The molecule has 0 atom stereocenters. The van der Waals surface area contributed by atoms with E-state index in [0.717, 1.165) is 12.8 Å². The molecule has 2 amide bonds. The Hall–Kier alpha value is -1.63. The van der Waals surface area contributed by atoms with Crippen LogP contribution in [-0.2, 0) is 0 Å². The highest BCUT2D eigenvalue weighted by molar-refractivity contribution is 7.14. The molecule has 0 aromatic carbocycles. The second kappa shape index (κ2) is 6.85. The largest absolute Gasteiger partial charge is 0.411 e. The quantitative estimate of drug-likeness (QED) is 0.327. The maximum Gasteiger partial charge on any atom is 0.321 e. The molecule has 0 aliphatic rings. The molecular weight excluding hydrogens is 240 g/mol. The molecule has 0 aliphatic carbocycles. The van der Waals surface area contributed by atoms with Crippen molar-refractivity contribution < 1.29 is 10.0 Å². The summed E-state index contributed by atoms with van der Waals surface area (Å²) in [6, 6.07) is -0.266. The van der Waals surface area contributed by atoms with Gasteiger partial charge >= 0.3 is 6.03 Å². The fourth-order valence-corrected chi connectivity index (χ4v) is 1.82. The van der Waals surface area contributed by atoms with Crippen LogP contribution in [0.5, 0.6) is 0 Å². The van der Waals surface area contributed by atoms with Gasteiger partial charge in [0, 0.05) is 11.9 Å². The van der Waals surface area contributed by atoms with E-state index >= 15 is 0 Å². The Bertz CT molecular complexity index is 403. The summed E-state index contributed by atoms with van der Waals surface area (Å²) >= 11 is 1.29. The third kappa shape index (κ3) is 4.39. The molecule has 1 aromatic heterocycles. The molecular formula is C10H16N4O2S. The molecule has 0 unspecified atom stereocenters. The first-order valence-electron chi connectivity index (χ1n) is 5.36. The maximum atomic E-state index is 11.4. The average molecular weight is 256 g/mol. The summed E-state index contributed by atoms with van der Waals surface area (Å²) in [4.78, 5) is 15.5. The second-order valence-electron chi connectivity index (χ2n) is 3.46. The van der Waals surface area contributed by atoms with Gasteiger partial charge in [-0.05, 0) is 13.3 Å². The number of rotatable bonds is 5. The average Bonchev–Trinajstić information content (AvgIpc) is 2.77. The van der Waals surface area contributed by atoms with Crippen molar-refractivity contribution in [1.82, 2.24) is 10.3 Å². The highest BCUT2D eigenvalue weighted by atomic mass is 32.1. The van der Waals surface area contributed by atoms with E-state index in [0.29, 0.717) is 23.1 Å². The molecule has 17 heavy (non-hydrogen) atoms. The summed E-state index contributed by atoms with van der Waals surface area (Å²) in [5.74, 6) is 0. The van der Waals surface area contributed by atoms with Gasteiger partial charge in [0.25, 0.3) is 0 Å². The molecule has 3 N–H and O–H groups in total. The van der Waals surface area contributed by atoms with Crippen LogP contribution in [0, 0.1) is 0 Å². The first-order chi connectivity index (χ1) is 8.17. The number of amides is 2. The summed E-state index contributed by atoms with van der Waals surface area (Å²) in [7, 11) is 0. The van der Waals surface area contributed by atoms with Gasteiger partial charge < -0.3 is 10.5 Å². The lowest BCUT2D eigenvalue weighted by Gasteiger charge is -2.03. The van der Waals surface area contributed by atoms with Crippen molar-refractivity contribution in [1.29, 1.82) is 0 Å². The van der Waals surface area contributed by atoms with Gasteiger partial charge in [0.15, 0.2) is 5.13 Å². The van der Waals surface area contributed by atoms with E-state index in [1.165, 1.54) is 11.3 Å². The van der Waals surface area contributed by atoms with Crippen LogP contribution in [0.4, 0.5) is 9.93 Å². The lowest BCUT2D eigenvalue weighted by atomic mass is 10.3. The lowest BCUT2D eigenvalue weighted by Crippen LogP contribution is -2.29. The van der Waals surface area contributed by atoms with Gasteiger partial charge in [-0.3, -0.25) is 5.32 Å². The van der Waals surface area contributed by atoms with Gasteiger partial charge in [-0.15, -0.1) is 11.3 Å².